The summed E-state index contributed by atoms with van der Waals surface area (Å²) >= 11 is 7.38. The van der Waals surface area contributed by atoms with Crippen LogP contribution in [0.25, 0.3) is 0 Å². The molecule has 0 aliphatic heterocycles. The molecule has 6 heteroatoms. The SMILES string of the molecule is N#Cc1cc(I)c(CCl)c(C(F)F)n1. The van der Waals surface area contributed by atoms with Crippen molar-refractivity contribution in [2.24, 2.45) is 0 Å². The molecule has 0 radical (unpaired) electrons. The molecule has 0 aliphatic carbocycles. The summed E-state index contributed by atoms with van der Waals surface area (Å²) in [5.41, 5.74) is -0.122. The maximum Gasteiger partial charge on any atom is 0.280 e. The van der Waals surface area contributed by atoms with Crippen molar-refractivity contribution in [2.75, 3.05) is 0 Å². The van der Waals surface area contributed by atoms with Gasteiger partial charge >= 0.3 is 0 Å². The Bertz CT molecular complexity index is 390. The van der Waals surface area contributed by atoms with Gasteiger partial charge in [0.25, 0.3) is 6.43 Å². The van der Waals surface area contributed by atoms with Crippen LogP contribution in [0.2, 0.25) is 0 Å². The van der Waals surface area contributed by atoms with E-state index in [4.69, 9.17) is 16.9 Å². The first-order valence-electron chi connectivity index (χ1n) is 3.53. The summed E-state index contributed by atoms with van der Waals surface area (Å²) in [6.07, 6.45) is -2.70. The Hall–Kier alpha value is -0.480. The van der Waals surface area contributed by atoms with E-state index in [-0.39, 0.29) is 11.6 Å². The van der Waals surface area contributed by atoms with Gasteiger partial charge in [0.1, 0.15) is 17.5 Å². The number of rotatable bonds is 2. The lowest BCUT2D eigenvalue weighted by molar-refractivity contribution is 0.145. The molecule has 0 N–H and O–H groups in total. The Kier molecular flexibility index (Phi) is 4.01. The van der Waals surface area contributed by atoms with Crippen molar-refractivity contribution in [3.63, 3.8) is 0 Å². The van der Waals surface area contributed by atoms with Gasteiger partial charge in [0, 0.05) is 9.13 Å². The average molecular weight is 328 g/mol. The van der Waals surface area contributed by atoms with Crippen LogP contribution < -0.4 is 0 Å². The molecule has 0 spiro atoms. The predicted octanol–water partition coefficient (Wildman–Crippen LogP) is 3.23. The minimum atomic E-state index is -2.70. The Morgan fingerprint density at radius 3 is 2.71 bits per heavy atom. The van der Waals surface area contributed by atoms with Crippen LogP contribution >= 0.6 is 34.2 Å². The van der Waals surface area contributed by atoms with Crippen LogP contribution in [-0.4, -0.2) is 4.98 Å². The predicted molar refractivity (Wildman–Crippen MR) is 56.2 cm³/mol. The van der Waals surface area contributed by atoms with Crippen molar-refractivity contribution in [1.29, 1.82) is 5.26 Å². The second kappa shape index (κ2) is 4.84. The molecular formula is C8H4ClF2IN2. The van der Waals surface area contributed by atoms with E-state index in [1.165, 1.54) is 6.07 Å². The molecule has 1 aromatic heterocycles. The Morgan fingerprint density at radius 2 is 2.29 bits per heavy atom. The van der Waals surface area contributed by atoms with E-state index in [0.29, 0.717) is 9.13 Å². The van der Waals surface area contributed by atoms with Crippen LogP contribution in [0, 0.1) is 14.9 Å². The zero-order valence-corrected chi connectivity index (χ0v) is 9.68. The van der Waals surface area contributed by atoms with E-state index in [0.717, 1.165) is 0 Å². The van der Waals surface area contributed by atoms with Crippen LogP contribution in [0.3, 0.4) is 0 Å². The van der Waals surface area contributed by atoms with Gasteiger partial charge in [-0.1, -0.05) is 0 Å². The van der Waals surface area contributed by atoms with Crippen molar-refractivity contribution in [2.45, 2.75) is 12.3 Å². The zero-order valence-electron chi connectivity index (χ0n) is 6.77. The van der Waals surface area contributed by atoms with Crippen LogP contribution in [0.5, 0.6) is 0 Å². The van der Waals surface area contributed by atoms with Gasteiger partial charge in [0.05, 0.1) is 5.88 Å². The summed E-state index contributed by atoms with van der Waals surface area (Å²) in [6, 6.07) is 3.16. The highest BCUT2D eigenvalue weighted by Gasteiger charge is 2.18. The van der Waals surface area contributed by atoms with Gasteiger partial charge in [-0.15, -0.1) is 11.6 Å². The number of aromatic nitrogens is 1. The second-order valence-electron chi connectivity index (χ2n) is 2.40. The molecule has 2 nitrogen and oxygen atoms in total. The lowest BCUT2D eigenvalue weighted by Crippen LogP contribution is -2.02. The van der Waals surface area contributed by atoms with Crippen LogP contribution in [0.4, 0.5) is 8.78 Å². The van der Waals surface area contributed by atoms with E-state index in [9.17, 15) is 8.78 Å². The topological polar surface area (TPSA) is 36.7 Å². The summed E-state index contributed by atoms with van der Waals surface area (Å²) in [5.74, 6) is -0.0311. The van der Waals surface area contributed by atoms with Crippen molar-refractivity contribution < 1.29 is 8.78 Å². The molecule has 1 heterocycles. The number of pyridine rings is 1. The van der Waals surface area contributed by atoms with Gasteiger partial charge < -0.3 is 0 Å². The smallest absolute Gasteiger partial charge is 0.236 e. The Labute approximate surface area is 98.0 Å². The summed E-state index contributed by atoms with van der Waals surface area (Å²) < 4.78 is 25.5. The molecule has 0 aliphatic rings. The largest absolute Gasteiger partial charge is 0.280 e. The quantitative estimate of drug-likeness (QED) is 0.617. The molecule has 74 valence electrons. The first-order chi connectivity index (χ1) is 6.60. The number of halogens is 4. The molecule has 0 fully saturated rings. The van der Waals surface area contributed by atoms with Crippen molar-refractivity contribution in [3.05, 3.63) is 26.6 Å². The lowest BCUT2D eigenvalue weighted by Gasteiger charge is -2.07. The van der Waals surface area contributed by atoms with Gasteiger partial charge in [0.2, 0.25) is 0 Å². The number of nitriles is 1. The normalized spacial score (nSPS) is 10.3. The van der Waals surface area contributed by atoms with E-state index >= 15 is 0 Å². The molecule has 0 atom stereocenters. The zero-order chi connectivity index (χ0) is 10.7. The summed E-state index contributed by atoms with van der Waals surface area (Å²) in [7, 11) is 0. The van der Waals surface area contributed by atoms with E-state index in [1.807, 2.05) is 22.6 Å². The van der Waals surface area contributed by atoms with E-state index < -0.39 is 12.1 Å². The molecule has 1 aromatic rings. The van der Waals surface area contributed by atoms with E-state index in [2.05, 4.69) is 4.98 Å². The third-order valence-electron chi connectivity index (χ3n) is 1.56. The van der Waals surface area contributed by atoms with Gasteiger partial charge in [0.15, 0.2) is 0 Å². The van der Waals surface area contributed by atoms with Crippen LogP contribution in [-0.2, 0) is 5.88 Å². The fraction of sp³-hybridized carbons (Fsp3) is 0.250. The Morgan fingerprint density at radius 1 is 1.64 bits per heavy atom. The number of nitrogens with zero attached hydrogens (tertiary/aromatic N) is 2. The first kappa shape index (κ1) is 11.6. The number of hydrogen-bond donors (Lipinski definition) is 0. The summed E-state index contributed by atoms with van der Waals surface area (Å²) in [6.45, 7) is 0. The molecular weight excluding hydrogens is 324 g/mol. The van der Waals surface area contributed by atoms with E-state index in [1.54, 1.807) is 6.07 Å². The monoisotopic (exact) mass is 328 g/mol. The highest BCUT2D eigenvalue weighted by Crippen LogP contribution is 2.26. The highest BCUT2D eigenvalue weighted by atomic mass is 127. The number of alkyl halides is 3. The molecule has 0 unspecified atom stereocenters. The maximum atomic E-state index is 12.5. The lowest BCUT2D eigenvalue weighted by atomic mass is 10.2. The third-order valence-corrected chi connectivity index (χ3v) is 2.79. The molecule has 1 rings (SSSR count). The van der Waals surface area contributed by atoms with Gasteiger partial charge in [-0.05, 0) is 28.7 Å². The molecule has 0 amide bonds. The third kappa shape index (κ3) is 2.30. The molecule has 14 heavy (non-hydrogen) atoms. The van der Waals surface area contributed by atoms with Crippen molar-refractivity contribution >= 4 is 34.2 Å². The number of hydrogen-bond acceptors (Lipinski definition) is 2. The van der Waals surface area contributed by atoms with Crippen LogP contribution in [0.15, 0.2) is 6.07 Å². The van der Waals surface area contributed by atoms with Crippen LogP contribution in [0.1, 0.15) is 23.4 Å². The summed E-state index contributed by atoms with van der Waals surface area (Å²) in [5, 5.41) is 8.54. The van der Waals surface area contributed by atoms with Crippen molar-refractivity contribution in [3.8, 4) is 6.07 Å². The molecule has 0 aromatic carbocycles. The Balaban J connectivity index is 3.37. The average Bonchev–Trinajstić information content (AvgIpc) is 2.16. The van der Waals surface area contributed by atoms with Gasteiger partial charge in [-0.25, -0.2) is 13.8 Å². The second-order valence-corrected chi connectivity index (χ2v) is 3.83. The van der Waals surface area contributed by atoms with Gasteiger partial charge in [-0.3, -0.25) is 0 Å². The minimum absolute atomic E-state index is 0.0152. The summed E-state index contributed by atoms with van der Waals surface area (Å²) in [4.78, 5) is 3.52. The fourth-order valence-electron chi connectivity index (χ4n) is 0.929. The first-order valence-corrected chi connectivity index (χ1v) is 5.15. The van der Waals surface area contributed by atoms with Gasteiger partial charge in [-0.2, -0.15) is 5.26 Å². The highest BCUT2D eigenvalue weighted by molar-refractivity contribution is 14.1. The minimum Gasteiger partial charge on any atom is -0.236 e. The molecule has 0 saturated heterocycles. The molecule has 0 bridgehead atoms. The fourth-order valence-corrected chi connectivity index (χ4v) is 2.20. The van der Waals surface area contributed by atoms with Crippen molar-refractivity contribution in [1.82, 2.24) is 4.98 Å². The molecule has 0 saturated carbocycles. The maximum absolute atomic E-state index is 12.5. The standard InChI is InChI=1S/C8H4ClF2IN2/c9-2-5-6(12)1-4(3-13)14-7(5)8(10)11/h1,8H,2H2.